The Kier molecular flexibility index (Phi) is 8.12. The van der Waals surface area contributed by atoms with Crippen molar-refractivity contribution >= 4 is 18.2 Å². The van der Waals surface area contributed by atoms with Gasteiger partial charge in [0, 0.05) is 12.5 Å². The van der Waals surface area contributed by atoms with Crippen LogP contribution in [-0.4, -0.2) is 61.3 Å². The molecule has 0 heterocycles. The fourth-order valence-electron chi connectivity index (χ4n) is 3.70. The van der Waals surface area contributed by atoms with E-state index in [0.717, 1.165) is 22.3 Å². The van der Waals surface area contributed by atoms with Crippen LogP contribution in [0.3, 0.4) is 0 Å². The summed E-state index contributed by atoms with van der Waals surface area (Å²) in [6.45, 7) is 5.21. The standard InChI is InChI=1S/C25H30N2O7/c1-25(2,3)34-23(30)26-12-13-32-15-21(22(28)29)27-24(31)33-14-20-18-10-6-4-8-16(18)17-9-5-7-11-19(17)20/h4-11,20-21H,12-15H2,1-3H3,(H,26,30)(H,27,31)(H,28,29). The molecule has 2 amide bonds. The summed E-state index contributed by atoms with van der Waals surface area (Å²) in [6.07, 6.45) is -1.44. The molecule has 9 heteroatoms. The van der Waals surface area contributed by atoms with Gasteiger partial charge in [-0.1, -0.05) is 48.5 Å². The van der Waals surface area contributed by atoms with E-state index in [1.165, 1.54) is 0 Å². The van der Waals surface area contributed by atoms with Crippen LogP contribution in [-0.2, 0) is 19.0 Å². The second-order valence-electron chi connectivity index (χ2n) is 8.86. The van der Waals surface area contributed by atoms with Crippen LogP contribution in [0.2, 0.25) is 0 Å². The highest BCUT2D eigenvalue weighted by atomic mass is 16.6. The lowest BCUT2D eigenvalue weighted by molar-refractivity contribution is -0.141. The molecule has 0 radical (unpaired) electrons. The number of alkyl carbamates (subject to hydrolysis) is 2. The zero-order chi connectivity index (χ0) is 24.7. The second kappa shape index (κ2) is 11.0. The molecular formula is C25H30N2O7. The molecule has 34 heavy (non-hydrogen) atoms. The normalized spacial score (nSPS) is 13.4. The first-order valence-corrected chi connectivity index (χ1v) is 11.0. The lowest BCUT2D eigenvalue weighted by Crippen LogP contribution is -2.45. The summed E-state index contributed by atoms with van der Waals surface area (Å²) < 4.78 is 15.8. The van der Waals surface area contributed by atoms with Crippen molar-refractivity contribution in [3.63, 3.8) is 0 Å². The molecule has 0 saturated heterocycles. The average molecular weight is 471 g/mol. The Hall–Kier alpha value is -3.59. The van der Waals surface area contributed by atoms with E-state index in [2.05, 4.69) is 10.6 Å². The third kappa shape index (κ3) is 6.71. The van der Waals surface area contributed by atoms with Gasteiger partial charge in [0.2, 0.25) is 0 Å². The minimum absolute atomic E-state index is 0.0510. The molecule has 0 bridgehead atoms. The van der Waals surface area contributed by atoms with Gasteiger partial charge in [-0.3, -0.25) is 0 Å². The summed E-state index contributed by atoms with van der Waals surface area (Å²) in [5.74, 6) is -1.38. The smallest absolute Gasteiger partial charge is 0.407 e. The summed E-state index contributed by atoms with van der Waals surface area (Å²) in [6, 6.07) is 14.6. The topological polar surface area (TPSA) is 123 Å². The lowest BCUT2D eigenvalue weighted by Gasteiger charge is -2.20. The van der Waals surface area contributed by atoms with Gasteiger partial charge < -0.3 is 30.0 Å². The number of aliphatic carboxylic acids is 1. The van der Waals surface area contributed by atoms with E-state index in [1.807, 2.05) is 48.5 Å². The number of carboxylic acids is 1. The first kappa shape index (κ1) is 25.0. The Balaban J connectivity index is 1.46. The fourth-order valence-corrected chi connectivity index (χ4v) is 3.70. The average Bonchev–Trinajstić information content (AvgIpc) is 3.09. The van der Waals surface area contributed by atoms with Crippen molar-refractivity contribution in [3.05, 3.63) is 59.7 Å². The molecule has 0 fully saturated rings. The van der Waals surface area contributed by atoms with Crippen molar-refractivity contribution in [3.8, 4) is 11.1 Å². The molecule has 9 nitrogen and oxygen atoms in total. The van der Waals surface area contributed by atoms with Crippen LogP contribution in [0.5, 0.6) is 0 Å². The van der Waals surface area contributed by atoms with Gasteiger partial charge in [-0.25, -0.2) is 14.4 Å². The number of benzene rings is 2. The second-order valence-corrected chi connectivity index (χ2v) is 8.86. The number of carbonyl (C=O) groups excluding carboxylic acids is 2. The fraction of sp³-hybridized carbons (Fsp3) is 0.400. The van der Waals surface area contributed by atoms with Gasteiger partial charge in [-0.15, -0.1) is 0 Å². The van der Waals surface area contributed by atoms with Crippen molar-refractivity contribution in [2.45, 2.75) is 38.3 Å². The maximum absolute atomic E-state index is 12.3. The Morgan fingerprint density at radius 1 is 0.971 bits per heavy atom. The van der Waals surface area contributed by atoms with Crippen LogP contribution in [0, 0.1) is 0 Å². The van der Waals surface area contributed by atoms with Crippen LogP contribution >= 0.6 is 0 Å². The number of rotatable bonds is 9. The van der Waals surface area contributed by atoms with Crippen molar-refractivity contribution in [2.75, 3.05) is 26.4 Å². The number of carboxylic acid groups (broad SMARTS) is 1. The SMILES string of the molecule is CC(C)(C)OC(=O)NCCOCC(NC(=O)OCC1c2ccccc2-c2ccccc21)C(=O)O. The van der Waals surface area contributed by atoms with E-state index in [1.54, 1.807) is 20.8 Å². The van der Waals surface area contributed by atoms with E-state index in [9.17, 15) is 19.5 Å². The van der Waals surface area contributed by atoms with Crippen LogP contribution < -0.4 is 10.6 Å². The summed E-state index contributed by atoms with van der Waals surface area (Å²) in [7, 11) is 0. The minimum Gasteiger partial charge on any atom is -0.480 e. The van der Waals surface area contributed by atoms with Crippen molar-refractivity contribution < 1.29 is 33.7 Å². The monoisotopic (exact) mass is 470 g/mol. The number of hydrogen-bond donors (Lipinski definition) is 3. The Labute approximate surface area is 198 Å². The Bertz CT molecular complexity index is 986. The van der Waals surface area contributed by atoms with E-state index in [4.69, 9.17) is 14.2 Å². The molecule has 3 N–H and O–H groups in total. The van der Waals surface area contributed by atoms with Gasteiger partial charge in [0.25, 0.3) is 0 Å². The Morgan fingerprint density at radius 2 is 1.56 bits per heavy atom. The summed E-state index contributed by atoms with van der Waals surface area (Å²) in [5.41, 5.74) is 3.71. The number of amides is 2. The first-order chi connectivity index (χ1) is 16.2. The van der Waals surface area contributed by atoms with Crippen molar-refractivity contribution in [1.29, 1.82) is 0 Å². The zero-order valence-corrected chi connectivity index (χ0v) is 19.5. The molecule has 1 aliphatic carbocycles. The van der Waals surface area contributed by atoms with Crippen LogP contribution in [0.1, 0.15) is 37.8 Å². The molecule has 0 aliphatic heterocycles. The van der Waals surface area contributed by atoms with Crippen LogP contribution in [0.25, 0.3) is 11.1 Å². The lowest BCUT2D eigenvalue weighted by atomic mass is 9.98. The summed E-state index contributed by atoms with van der Waals surface area (Å²) in [5, 5.41) is 14.2. The van der Waals surface area contributed by atoms with E-state index in [0.29, 0.717) is 0 Å². The largest absolute Gasteiger partial charge is 0.480 e. The molecule has 182 valence electrons. The van der Waals surface area contributed by atoms with Gasteiger partial charge in [-0.2, -0.15) is 0 Å². The molecular weight excluding hydrogens is 440 g/mol. The van der Waals surface area contributed by atoms with Gasteiger partial charge in [-0.05, 0) is 43.0 Å². The van der Waals surface area contributed by atoms with Crippen LogP contribution in [0.15, 0.2) is 48.5 Å². The summed E-state index contributed by atoms with van der Waals surface area (Å²) in [4.78, 5) is 35.4. The maximum Gasteiger partial charge on any atom is 0.407 e. The first-order valence-electron chi connectivity index (χ1n) is 11.0. The number of nitrogens with one attached hydrogen (secondary N) is 2. The predicted octanol–water partition coefficient (Wildman–Crippen LogP) is 3.52. The Morgan fingerprint density at radius 3 is 2.12 bits per heavy atom. The highest BCUT2D eigenvalue weighted by Crippen LogP contribution is 2.44. The van der Waals surface area contributed by atoms with Gasteiger partial charge in [0.15, 0.2) is 6.04 Å². The molecule has 1 atom stereocenters. The van der Waals surface area contributed by atoms with Gasteiger partial charge >= 0.3 is 18.2 Å². The molecule has 1 unspecified atom stereocenters. The van der Waals surface area contributed by atoms with E-state index in [-0.39, 0.29) is 32.3 Å². The van der Waals surface area contributed by atoms with Crippen LogP contribution in [0.4, 0.5) is 9.59 Å². The van der Waals surface area contributed by atoms with Crippen molar-refractivity contribution in [2.24, 2.45) is 0 Å². The zero-order valence-electron chi connectivity index (χ0n) is 19.5. The number of carbonyl (C=O) groups is 3. The van der Waals surface area contributed by atoms with E-state index < -0.39 is 29.8 Å². The molecule has 3 rings (SSSR count). The highest BCUT2D eigenvalue weighted by molar-refractivity contribution is 5.81. The summed E-state index contributed by atoms with van der Waals surface area (Å²) >= 11 is 0. The number of fused-ring (bicyclic) bond motifs is 3. The predicted molar refractivity (Wildman–Crippen MR) is 125 cm³/mol. The molecule has 0 spiro atoms. The molecule has 2 aromatic rings. The molecule has 0 aromatic heterocycles. The molecule has 0 saturated carbocycles. The molecule has 1 aliphatic rings. The number of hydrogen-bond acceptors (Lipinski definition) is 6. The minimum atomic E-state index is -1.29. The quantitative estimate of drug-likeness (QED) is 0.479. The van der Waals surface area contributed by atoms with Gasteiger partial charge in [0.05, 0.1) is 13.2 Å². The number of ether oxygens (including phenoxy) is 3. The third-order valence-electron chi connectivity index (χ3n) is 5.13. The van der Waals surface area contributed by atoms with Gasteiger partial charge in [0.1, 0.15) is 12.2 Å². The van der Waals surface area contributed by atoms with E-state index >= 15 is 0 Å². The highest BCUT2D eigenvalue weighted by Gasteiger charge is 2.29. The molecule has 2 aromatic carbocycles. The van der Waals surface area contributed by atoms with Crippen molar-refractivity contribution in [1.82, 2.24) is 10.6 Å². The third-order valence-corrected chi connectivity index (χ3v) is 5.13. The maximum atomic E-state index is 12.3.